The van der Waals surface area contributed by atoms with E-state index in [1.54, 1.807) is 6.20 Å². The minimum absolute atomic E-state index is 0.297. The molecule has 0 bridgehead atoms. The molecule has 0 spiro atoms. The monoisotopic (exact) mass is 348 g/mol. The van der Waals surface area contributed by atoms with E-state index in [4.69, 9.17) is 4.74 Å². The molecule has 2 aromatic rings. The molecule has 5 heteroatoms. The van der Waals surface area contributed by atoms with Crippen LogP contribution < -0.4 is 4.90 Å². The van der Waals surface area contributed by atoms with E-state index < -0.39 is 0 Å². The highest BCUT2D eigenvalue weighted by molar-refractivity contribution is 9.10. The van der Waals surface area contributed by atoms with Crippen LogP contribution in [-0.4, -0.2) is 30.6 Å². The molecular weight excluding hydrogens is 332 g/mol. The zero-order chi connectivity index (χ0) is 14.8. The fourth-order valence-corrected chi connectivity index (χ4v) is 3.28. The lowest BCUT2D eigenvalue weighted by Crippen LogP contribution is -2.22. The quantitative estimate of drug-likeness (QED) is 0.791. The summed E-state index contributed by atoms with van der Waals surface area (Å²) < 4.78 is 6.13. The molecule has 1 saturated heterocycles. The lowest BCUT2D eigenvalue weighted by Gasteiger charge is -2.22. The molecule has 0 amide bonds. The maximum atomic E-state index is 12.3. The van der Waals surface area contributed by atoms with Gasteiger partial charge in [0.1, 0.15) is 5.56 Å². The Balaban J connectivity index is 2.22. The van der Waals surface area contributed by atoms with Gasteiger partial charge in [-0.1, -0.05) is 12.1 Å². The molecule has 2 heterocycles. The average Bonchev–Trinajstić information content (AvgIpc) is 3.00. The van der Waals surface area contributed by atoms with Gasteiger partial charge < -0.3 is 9.64 Å². The number of ether oxygens (including phenoxy) is 1. The summed E-state index contributed by atoms with van der Waals surface area (Å²) in [6.45, 7) is 4.13. The topological polar surface area (TPSA) is 42.4 Å². The van der Waals surface area contributed by atoms with E-state index in [1.807, 2.05) is 25.1 Å². The van der Waals surface area contributed by atoms with E-state index >= 15 is 0 Å². The second-order valence-electron chi connectivity index (χ2n) is 5.07. The van der Waals surface area contributed by atoms with Gasteiger partial charge in [0.15, 0.2) is 0 Å². The van der Waals surface area contributed by atoms with E-state index in [0.29, 0.717) is 12.2 Å². The number of nitrogens with zero attached hydrogens (tertiary/aromatic N) is 2. The number of hydrogen-bond acceptors (Lipinski definition) is 4. The molecule has 110 valence electrons. The maximum absolute atomic E-state index is 12.3. The first kappa shape index (κ1) is 14.3. The standard InChI is InChI=1S/C16H17BrN2O2/c1-2-21-16(20)12-10-18-14-11(6-5-7-13(14)17)15(12)19-8-3-4-9-19/h5-7,10H,2-4,8-9H2,1H3. The van der Waals surface area contributed by atoms with Crippen LogP contribution in [0.4, 0.5) is 5.69 Å². The number of halogens is 1. The summed E-state index contributed by atoms with van der Waals surface area (Å²) in [6.07, 6.45) is 3.94. The second-order valence-corrected chi connectivity index (χ2v) is 5.93. The van der Waals surface area contributed by atoms with Crippen LogP contribution in [0.5, 0.6) is 0 Å². The summed E-state index contributed by atoms with van der Waals surface area (Å²) in [5.74, 6) is -0.297. The van der Waals surface area contributed by atoms with Crippen molar-refractivity contribution in [2.75, 3.05) is 24.6 Å². The van der Waals surface area contributed by atoms with Crippen LogP contribution in [-0.2, 0) is 4.74 Å². The van der Waals surface area contributed by atoms with Crippen molar-refractivity contribution in [3.63, 3.8) is 0 Å². The number of esters is 1. The van der Waals surface area contributed by atoms with Crippen molar-refractivity contribution in [2.45, 2.75) is 19.8 Å². The highest BCUT2D eigenvalue weighted by Gasteiger charge is 2.23. The molecule has 1 aliphatic rings. The number of rotatable bonds is 3. The summed E-state index contributed by atoms with van der Waals surface area (Å²) >= 11 is 3.53. The van der Waals surface area contributed by atoms with Crippen molar-refractivity contribution in [2.24, 2.45) is 0 Å². The van der Waals surface area contributed by atoms with Crippen molar-refractivity contribution >= 4 is 38.5 Å². The molecule has 0 atom stereocenters. The van der Waals surface area contributed by atoms with Gasteiger partial charge in [-0.25, -0.2) is 4.79 Å². The number of benzene rings is 1. The van der Waals surface area contributed by atoms with Crippen LogP contribution >= 0.6 is 15.9 Å². The van der Waals surface area contributed by atoms with Crippen LogP contribution in [0.3, 0.4) is 0 Å². The van der Waals surface area contributed by atoms with Crippen molar-refractivity contribution < 1.29 is 9.53 Å². The van der Waals surface area contributed by atoms with Gasteiger partial charge in [-0.3, -0.25) is 4.98 Å². The highest BCUT2D eigenvalue weighted by Crippen LogP contribution is 2.35. The zero-order valence-electron chi connectivity index (χ0n) is 11.9. The lowest BCUT2D eigenvalue weighted by molar-refractivity contribution is 0.0527. The number of para-hydroxylation sites is 1. The molecule has 0 radical (unpaired) electrons. The Morgan fingerprint density at radius 1 is 1.38 bits per heavy atom. The summed E-state index contributed by atoms with van der Waals surface area (Å²) in [5.41, 5.74) is 2.40. The zero-order valence-corrected chi connectivity index (χ0v) is 13.5. The largest absolute Gasteiger partial charge is 0.462 e. The number of aromatic nitrogens is 1. The Kier molecular flexibility index (Phi) is 4.10. The molecule has 1 fully saturated rings. The van der Waals surface area contributed by atoms with E-state index in [9.17, 15) is 4.79 Å². The molecule has 4 nitrogen and oxygen atoms in total. The van der Waals surface area contributed by atoms with E-state index in [1.165, 1.54) is 0 Å². The third kappa shape index (κ3) is 2.62. The third-order valence-electron chi connectivity index (χ3n) is 3.74. The fraction of sp³-hybridized carbons (Fsp3) is 0.375. The molecule has 3 rings (SSSR count). The number of pyridine rings is 1. The maximum Gasteiger partial charge on any atom is 0.341 e. The van der Waals surface area contributed by atoms with Gasteiger partial charge in [0.25, 0.3) is 0 Å². The molecule has 0 saturated carbocycles. The normalized spacial score (nSPS) is 14.7. The third-order valence-corrected chi connectivity index (χ3v) is 4.38. The molecule has 1 aliphatic heterocycles. The Morgan fingerprint density at radius 3 is 2.86 bits per heavy atom. The van der Waals surface area contributed by atoms with Crippen LogP contribution in [0.15, 0.2) is 28.9 Å². The number of carbonyl (C=O) groups excluding carboxylic acids is 1. The molecule has 21 heavy (non-hydrogen) atoms. The summed E-state index contributed by atoms with van der Waals surface area (Å²) in [5, 5.41) is 0.997. The summed E-state index contributed by atoms with van der Waals surface area (Å²) in [4.78, 5) is 19.0. The molecular formula is C16H17BrN2O2. The minimum atomic E-state index is -0.297. The van der Waals surface area contributed by atoms with Crippen LogP contribution in [0.1, 0.15) is 30.1 Å². The molecule has 0 unspecified atom stereocenters. The molecule has 0 N–H and O–H groups in total. The van der Waals surface area contributed by atoms with E-state index in [0.717, 1.165) is 47.0 Å². The Labute approximate surface area is 132 Å². The first-order valence-corrected chi connectivity index (χ1v) is 8.01. The smallest absolute Gasteiger partial charge is 0.341 e. The molecule has 1 aromatic heterocycles. The van der Waals surface area contributed by atoms with E-state index in [-0.39, 0.29) is 5.97 Å². The highest BCUT2D eigenvalue weighted by atomic mass is 79.9. The molecule has 1 aromatic carbocycles. The Morgan fingerprint density at radius 2 is 2.14 bits per heavy atom. The second kappa shape index (κ2) is 6.02. The van der Waals surface area contributed by atoms with Gasteiger partial charge in [0.05, 0.1) is 17.8 Å². The Hall–Kier alpha value is -1.62. The number of fused-ring (bicyclic) bond motifs is 1. The minimum Gasteiger partial charge on any atom is -0.462 e. The lowest BCUT2D eigenvalue weighted by atomic mass is 10.1. The SMILES string of the molecule is CCOC(=O)c1cnc2c(Br)cccc2c1N1CCCC1. The van der Waals surface area contributed by atoms with Crippen LogP contribution in [0, 0.1) is 0 Å². The number of anilines is 1. The molecule has 0 aliphatic carbocycles. The average molecular weight is 349 g/mol. The van der Waals surface area contributed by atoms with Crippen molar-refractivity contribution in [1.82, 2.24) is 4.98 Å². The fourth-order valence-electron chi connectivity index (χ4n) is 2.81. The van der Waals surface area contributed by atoms with Gasteiger partial charge in [0.2, 0.25) is 0 Å². The Bertz CT molecular complexity index is 681. The summed E-state index contributed by atoms with van der Waals surface area (Å²) in [7, 11) is 0. The van der Waals surface area contributed by atoms with Crippen LogP contribution in [0.2, 0.25) is 0 Å². The van der Waals surface area contributed by atoms with Crippen molar-refractivity contribution in [3.8, 4) is 0 Å². The number of carbonyl (C=O) groups is 1. The van der Waals surface area contributed by atoms with Gasteiger partial charge in [0, 0.05) is 29.1 Å². The van der Waals surface area contributed by atoms with Crippen molar-refractivity contribution in [1.29, 1.82) is 0 Å². The first-order chi connectivity index (χ1) is 10.2. The predicted molar refractivity (Wildman–Crippen MR) is 86.8 cm³/mol. The first-order valence-electron chi connectivity index (χ1n) is 7.21. The van der Waals surface area contributed by atoms with Crippen LogP contribution in [0.25, 0.3) is 10.9 Å². The van der Waals surface area contributed by atoms with Gasteiger partial charge >= 0.3 is 5.97 Å². The van der Waals surface area contributed by atoms with Gasteiger partial charge in [-0.05, 0) is 41.8 Å². The van der Waals surface area contributed by atoms with Crippen molar-refractivity contribution in [3.05, 3.63) is 34.4 Å². The van der Waals surface area contributed by atoms with Gasteiger partial charge in [-0.2, -0.15) is 0 Å². The number of hydrogen-bond donors (Lipinski definition) is 0. The summed E-state index contributed by atoms with van der Waals surface area (Å²) in [6, 6.07) is 5.96. The van der Waals surface area contributed by atoms with Gasteiger partial charge in [-0.15, -0.1) is 0 Å². The predicted octanol–water partition coefficient (Wildman–Crippen LogP) is 3.77. The van der Waals surface area contributed by atoms with E-state index in [2.05, 4.69) is 25.8 Å².